The standard InChI is InChI=1S/C21H29N5O2/c1-13-15(25(5)12-22-13)18(28)26-10-8-21(9-11-26)7-6-14-16(21)23-19(20(2,3)4)24-17(14)27/h12H,6-11H2,1-5H3,(H,23,24,27). The van der Waals surface area contributed by atoms with Gasteiger partial charge in [0.25, 0.3) is 11.5 Å². The van der Waals surface area contributed by atoms with E-state index in [2.05, 4.69) is 30.7 Å². The van der Waals surface area contributed by atoms with E-state index < -0.39 is 0 Å². The number of hydrogen-bond donors (Lipinski definition) is 1. The van der Waals surface area contributed by atoms with Gasteiger partial charge in [-0.1, -0.05) is 20.8 Å². The van der Waals surface area contributed by atoms with Crippen molar-refractivity contribution in [3.05, 3.63) is 45.2 Å². The third kappa shape index (κ3) is 2.88. The third-order valence-electron chi connectivity index (χ3n) is 6.41. The Kier molecular flexibility index (Phi) is 4.25. The highest BCUT2D eigenvalue weighted by atomic mass is 16.2. The molecule has 1 fully saturated rings. The minimum atomic E-state index is -0.203. The van der Waals surface area contributed by atoms with Crippen molar-refractivity contribution in [2.75, 3.05) is 13.1 Å². The summed E-state index contributed by atoms with van der Waals surface area (Å²) < 4.78 is 1.80. The fraction of sp³-hybridized carbons (Fsp3) is 0.619. The second-order valence-electron chi connectivity index (χ2n) is 9.35. The lowest BCUT2D eigenvalue weighted by molar-refractivity contribution is 0.0653. The van der Waals surface area contributed by atoms with E-state index in [0.29, 0.717) is 18.8 Å². The summed E-state index contributed by atoms with van der Waals surface area (Å²) >= 11 is 0. The highest BCUT2D eigenvalue weighted by Gasteiger charge is 2.45. The van der Waals surface area contributed by atoms with Gasteiger partial charge >= 0.3 is 0 Å². The van der Waals surface area contributed by atoms with Gasteiger partial charge < -0.3 is 14.5 Å². The van der Waals surface area contributed by atoms with E-state index >= 15 is 0 Å². The van der Waals surface area contributed by atoms with Gasteiger partial charge in [0.15, 0.2) is 0 Å². The number of piperidine rings is 1. The first-order valence-electron chi connectivity index (χ1n) is 10.0. The highest BCUT2D eigenvalue weighted by Crippen LogP contribution is 2.44. The average Bonchev–Trinajstić information content (AvgIpc) is 3.15. The molecule has 0 unspecified atom stereocenters. The molecule has 1 N–H and O–H groups in total. The van der Waals surface area contributed by atoms with Crippen LogP contribution in [0.3, 0.4) is 0 Å². The number of H-pyrrole nitrogens is 1. The molecule has 3 heterocycles. The third-order valence-corrected chi connectivity index (χ3v) is 6.41. The van der Waals surface area contributed by atoms with E-state index in [9.17, 15) is 9.59 Å². The maximum atomic E-state index is 13.0. The normalized spacial score (nSPS) is 18.5. The summed E-state index contributed by atoms with van der Waals surface area (Å²) in [6.07, 6.45) is 5.10. The van der Waals surface area contributed by atoms with E-state index in [0.717, 1.165) is 48.5 Å². The maximum Gasteiger partial charge on any atom is 0.272 e. The summed E-state index contributed by atoms with van der Waals surface area (Å²) in [5.74, 6) is 0.793. The lowest BCUT2D eigenvalue weighted by Crippen LogP contribution is -2.45. The molecule has 2 aromatic heterocycles. The van der Waals surface area contributed by atoms with E-state index in [1.54, 1.807) is 10.9 Å². The topological polar surface area (TPSA) is 83.9 Å². The fourth-order valence-electron chi connectivity index (χ4n) is 4.63. The number of imidazole rings is 1. The lowest BCUT2D eigenvalue weighted by atomic mass is 9.76. The van der Waals surface area contributed by atoms with Gasteiger partial charge in [0.05, 0.1) is 17.7 Å². The average molecular weight is 383 g/mol. The molecule has 0 bridgehead atoms. The summed E-state index contributed by atoms with van der Waals surface area (Å²) in [6.45, 7) is 9.44. The maximum absolute atomic E-state index is 13.0. The largest absolute Gasteiger partial charge is 0.337 e. The van der Waals surface area contributed by atoms with Crippen LogP contribution in [0.5, 0.6) is 0 Å². The summed E-state index contributed by atoms with van der Waals surface area (Å²) in [4.78, 5) is 39.7. The van der Waals surface area contributed by atoms with Crippen LogP contribution < -0.4 is 5.56 Å². The summed E-state index contributed by atoms with van der Waals surface area (Å²) in [7, 11) is 1.86. The number of carbonyl (C=O) groups excluding carboxylic acids is 1. The molecule has 4 rings (SSSR count). The Morgan fingerprint density at radius 3 is 2.46 bits per heavy atom. The van der Waals surface area contributed by atoms with Gasteiger partial charge in [-0.15, -0.1) is 0 Å². The first-order chi connectivity index (χ1) is 13.1. The molecule has 7 nitrogen and oxygen atoms in total. The van der Waals surface area contributed by atoms with Crippen LogP contribution in [0.1, 0.15) is 73.3 Å². The van der Waals surface area contributed by atoms with Crippen LogP contribution in [0.2, 0.25) is 0 Å². The van der Waals surface area contributed by atoms with Crippen molar-refractivity contribution in [1.29, 1.82) is 0 Å². The van der Waals surface area contributed by atoms with Crippen molar-refractivity contribution in [3.63, 3.8) is 0 Å². The van der Waals surface area contributed by atoms with E-state index in [1.807, 2.05) is 18.9 Å². The Bertz CT molecular complexity index is 968. The molecular weight excluding hydrogens is 354 g/mol. The number of aryl methyl sites for hydroxylation is 2. The molecule has 150 valence electrons. The highest BCUT2D eigenvalue weighted by molar-refractivity contribution is 5.93. The monoisotopic (exact) mass is 383 g/mol. The minimum Gasteiger partial charge on any atom is -0.337 e. The van der Waals surface area contributed by atoms with Crippen LogP contribution in [-0.2, 0) is 24.3 Å². The predicted molar refractivity (Wildman–Crippen MR) is 107 cm³/mol. The molecule has 7 heteroatoms. The summed E-state index contributed by atoms with van der Waals surface area (Å²) in [5, 5.41) is 0. The Morgan fingerprint density at radius 1 is 1.21 bits per heavy atom. The van der Waals surface area contributed by atoms with Crippen molar-refractivity contribution < 1.29 is 4.79 Å². The number of aromatic nitrogens is 4. The van der Waals surface area contributed by atoms with Gasteiger partial charge in [0.1, 0.15) is 11.5 Å². The van der Waals surface area contributed by atoms with E-state index in [4.69, 9.17) is 4.98 Å². The van der Waals surface area contributed by atoms with Crippen LogP contribution in [0.4, 0.5) is 0 Å². The first kappa shape index (κ1) is 18.9. The van der Waals surface area contributed by atoms with Crippen LogP contribution in [0.25, 0.3) is 0 Å². The zero-order valence-electron chi connectivity index (χ0n) is 17.4. The molecule has 0 aromatic carbocycles. The number of aromatic amines is 1. The first-order valence-corrected chi connectivity index (χ1v) is 10.0. The molecule has 2 aliphatic rings. The molecule has 0 atom stereocenters. The second kappa shape index (κ2) is 6.29. The Labute approximate surface area is 165 Å². The Morgan fingerprint density at radius 2 is 1.89 bits per heavy atom. The number of fused-ring (bicyclic) bond motifs is 2. The zero-order chi connectivity index (χ0) is 20.3. The van der Waals surface area contributed by atoms with Gasteiger partial charge in [0.2, 0.25) is 0 Å². The van der Waals surface area contributed by atoms with Crippen LogP contribution in [0, 0.1) is 6.92 Å². The Balaban J connectivity index is 1.60. The van der Waals surface area contributed by atoms with E-state index in [1.165, 1.54) is 0 Å². The van der Waals surface area contributed by atoms with Gasteiger partial charge in [0, 0.05) is 36.5 Å². The number of amides is 1. The van der Waals surface area contributed by atoms with Crippen molar-refractivity contribution >= 4 is 5.91 Å². The molecular formula is C21H29N5O2. The molecule has 1 aliphatic carbocycles. The molecule has 1 aliphatic heterocycles. The number of hydrogen-bond acceptors (Lipinski definition) is 4. The molecule has 1 spiro atoms. The van der Waals surface area contributed by atoms with Crippen LogP contribution in [0.15, 0.2) is 11.1 Å². The van der Waals surface area contributed by atoms with Gasteiger partial charge in [-0.2, -0.15) is 0 Å². The number of carbonyl (C=O) groups is 1. The number of rotatable bonds is 1. The van der Waals surface area contributed by atoms with Gasteiger partial charge in [-0.25, -0.2) is 9.97 Å². The number of likely N-dealkylation sites (tertiary alicyclic amines) is 1. The number of nitrogens with one attached hydrogen (secondary N) is 1. The summed E-state index contributed by atoms with van der Waals surface area (Å²) in [6, 6.07) is 0. The van der Waals surface area contributed by atoms with Crippen molar-refractivity contribution in [2.45, 2.75) is 64.2 Å². The minimum absolute atomic E-state index is 0.0100. The van der Waals surface area contributed by atoms with Crippen molar-refractivity contribution in [1.82, 2.24) is 24.4 Å². The van der Waals surface area contributed by atoms with Crippen LogP contribution in [-0.4, -0.2) is 43.4 Å². The Hall–Kier alpha value is -2.44. The molecule has 28 heavy (non-hydrogen) atoms. The van der Waals surface area contributed by atoms with Crippen molar-refractivity contribution in [3.8, 4) is 0 Å². The quantitative estimate of drug-likeness (QED) is 0.818. The SMILES string of the molecule is Cc1ncn(C)c1C(=O)N1CCC2(CCc3c2nc(C(C)(C)C)[nH]c3=O)CC1. The smallest absolute Gasteiger partial charge is 0.272 e. The predicted octanol–water partition coefficient (Wildman–Crippen LogP) is 2.23. The molecule has 0 radical (unpaired) electrons. The fourth-order valence-corrected chi connectivity index (χ4v) is 4.63. The van der Waals surface area contributed by atoms with E-state index in [-0.39, 0.29) is 22.3 Å². The van der Waals surface area contributed by atoms with Gasteiger partial charge in [-0.3, -0.25) is 9.59 Å². The molecule has 1 saturated heterocycles. The molecule has 0 saturated carbocycles. The lowest BCUT2D eigenvalue weighted by Gasteiger charge is -2.39. The van der Waals surface area contributed by atoms with Crippen molar-refractivity contribution in [2.24, 2.45) is 7.05 Å². The zero-order valence-corrected chi connectivity index (χ0v) is 17.4. The van der Waals surface area contributed by atoms with Crippen LogP contribution >= 0.6 is 0 Å². The molecule has 2 aromatic rings. The molecule has 1 amide bonds. The number of nitrogens with zero attached hydrogens (tertiary/aromatic N) is 4. The second-order valence-corrected chi connectivity index (χ2v) is 9.35. The summed E-state index contributed by atoms with van der Waals surface area (Å²) in [5.41, 5.74) is 2.97. The van der Waals surface area contributed by atoms with Gasteiger partial charge in [-0.05, 0) is 32.6 Å².